The Bertz CT molecular complexity index is 414. The number of halogens is 3. The number of nitrogens with one attached hydrogen (secondary N) is 1. The lowest BCUT2D eigenvalue weighted by Gasteiger charge is -2.29. The molecular formula is C13H16F3N2O+. The molecule has 1 aromatic rings. The maximum Gasteiger partial charge on any atom is 0.464 e. The first-order valence-electron chi connectivity index (χ1n) is 6.14. The lowest BCUT2D eigenvalue weighted by Crippen LogP contribution is -3.19. The molecule has 0 unspecified atom stereocenters. The number of rotatable bonds is 3. The Hall–Kier alpha value is -1.40. The second kappa shape index (κ2) is 6.16. The van der Waals surface area contributed by atoms with Gasteiger partial charge in [-0.2, -0.15) is 13.2 Å². The first kappa shape index (κ1) is 14.0. The molecule has 1 aliphatic heterocycles. The Labute approximate surface area is 109 Å². The molecule has 6 heteroatoms. The molecule has 19 heavy (non-hydrogen) atoms. The molecule has 1 heterocycles. The number of quaternary nitrogens is 1. The smallest absolute Gasteiger partial charge is 0.370 e. The van der Waals surface area contributed by atoms with Crippen LogP contribution in [0.1, 0.15) is 5.56 Å². The molecule has 0 spiro atoms. The standard InChI is InChI=1S/C13H15F3N2O/c14-13(15,16)12(18-6-8-19-9-7-18)17-10-11-4-2-1-3-5-11/h1-5,10,12H,6-9H2/p+1/t12-/m1/s1. The summed E-state index contributed by atoms with van der Waals surface area (Å²) in [5, 5.41) is 0. The van der Waals surface area contributed by atoms with E-state index in [-0.39, 0.29) is 0 Å². The van der Waals surface area contributed by atoms with Crippen LogP contribution in [-0.2, 0) is 4.74 Å². The topological polar surface area (TPSA) is 26.0 Å². The van der Waals surface area contributed by atoms with Crippen LogP contribution >= 0.6 is 0 Å². The number of benzene rings is 1. The van der Waals surface area contributed by atoms with Gasteiger partial charge in [0.05, 0.1) is 13.2 Å². The van der Waals surface area contributed by atoms with E-state index in [1.54, 1.807) is 24.3 Å². The number of ether oxygens (including phenoxy) is 1. The van der Waals surface area contributed by atoms with Crippen LogP contribution in [0.15, 0.2) is 35.3 Å². The summed E-state index contributed by atoms with van der Waals surface area (Å²) in [6.07, 6.45) is -4.75. The van der Waals surface area contributed by atoms with E-state index in [9.17, 15) is 13.2 Å². The third kappa shape index (κ3) is 4.04. The van der Waals surface area contributed by atoms with Crippen molar-refractivity contribution in [1.82, 2.24) is 0 Å². The Morgan fingerprint density at radius 2 is 1.79 bits per heavy atom. The van der Waals surface area contributed by atoms with Gasteiger partial charge in [0.2, 0.25) is 0 Å². The first-order valence-corrected chi connectivity index (χ1v) is 6.14. The maximum absolute atomic E-state index is 13.0. The molecule has 1 aliphatic rings. The van der Waals surface area contributed by atoms with E-state index in [0.717, 1.165) is 0 Å². The van der Waals surface area contributed by atoms with Gasteiger partial charge in [0.25, 0.3) is 6.17 Å². The molecule has 2 rings (SSSR count). The van der Waals surface area contributed by atoms with Crippen molar-refractivity contribution in [3.05, 3.63) is 35.9 Å². The normalized spacial score (nSPS) is 19.7. The molecule has 104 valence electrons. The Balaban J connectivity index is 2.12. The van der Waals surface area contributed by atoms with Gasteiger partial charge in [0.15, 0.2) is 0 Å². The molecule has 0 saturated carbocycles. The van der Waals surface area contributed by atoms with Crippen molar-refractivity contribution in [1.29, 1.82) is 0 Å². The molecule has 0 bridgehead atoms. The predicted octanol–water partition coefficient (Wildman–Crippen LogP) is 0.909. The molecule has 1 fully saturated rings. The fourth-order valence-electron chi connectivity index (χ4n) is 2.03. The van der Waals surface area contributed by atoms with Crippen molar-refractivity contribution in [2.24, 2.45) is 4.99 Å². The van der Waals surface area contributed by atoms with E-state index < -0.39 is 12.3 Å². The van der Waals surface area contributed by atoms with Crippen molar-refractivity contribution in [3.63, 3.8) is 0 Å². The number of alkyl halides is 3. The van der Waals surface area contributed by atoms with Gasteiger partial charge < -0.3 is 9.64 Å². The lowest BCUT2D eigenvalue weighted by molar-refractivity contribution is -0.943. The number of morpholine rings is 1. The van der Waals surface area contributed by atoms with Crippen LogP contribution in [0, 0.1) is 0 Å². The lowest BCUT2D eigenvalue weighted by atomic mass is 10.2. The average Bonchev–Trinajstić information content (AvgIpc) is 2.40. The van der Waals surface area contributed by atoms with Gasteiger partial charge in [-0.3, -0.25) is 0 Å². The molecule has 1 saturated heterocycles. The fourth-order valence-corrected chi connectivity index (χ4v) is 2.03. The maximum atomic E-state index is 13.0. The van der Waals surface area contributed by atoms with Crippen LogP contribution in [0.3, 0.4) is 0 Å². The van der Waals surface area contributed by atoms with Crippen LogP contribution in [0.4, 0.5) is 13.2 Å². The number of aliphatic imine (C=N–C) groups is 1. The molecule has 0 radical (unpaired) electrons. The predicted molar refractivity (Wildman–Crippen MR) is 65.4 cm³/mol. The number of hydrogen-bond donors (Lipinski definition) is 1. The van der Waals surface area contributed by atoms with Crippen molar-refractivity contribution in [2.75, 3.05) is 26.3 Å². The van der Waals surface area contributed by atoms with Crippen LogP contribution in [0.2, 0.25) is 0 Å². The largest absolute Gasteiger partial charge is 0.464 e. The zero-order chi connectivity index (χ0) is 13.7. The molecule has 0 aliphatic carbocycles. The molecule has 1 atom stereocenters. The number of nitrogens with zero attached hydrogens (tertiary/aromatic N) is 1. The van der Waals surface area contributed by atoms with Crippen molar-refractivity contribution in [2.45, 2.75) is 12.3 Å². The van der Waals surface area contributed by atoms with E-state index in [0.29, 0.717) is 36.8 Å². The van der Waals surface area contributed by atoms with Crippen LogP contribution in [0.25, 0.3) is 0 Å². The van der Waals surface area contributed by atoms with Gasteiger partial charge in [0.1, 0.15) is 13.1 Å². The van der Waals surface area contributed by atoms with Gasteiger partial charge in [0, 0.05) is 6.21 Å². The minimum Gasteiger partial charge on any atom is -0.370 e. The minimum atomic E-state index is -4.34. The summed E-state index contributed by atoms with van der Waals surface area (Å²) in [5.41, 5.74) is 0.671. The minimum absolute atomic E-state index is 0.330. The summed E-state index contributed by atoms with van der Waals surface area (Å²) in [6, 6.07) is 8.81. The Kier molecular flexibility index (Phi) is 4.55. The van der Waals surface area contributed by atoms with Crippen LogP contribution in [0.5, 0.6) is 0 Å². The third-order valence-corrected chi connectivity index (χ3v) is 3.00. The molecule has 3 nitrogen and oxygen atoms in total. The zero-order valence-electron chi connectivity index (χ0n) is 10.4. The molecule has 1 aromatic carbocycles. The Morgan fingerprint density at radius 1 is 1.16 bits per heavy atom. The summed E-state index contributed by atoms with van der Waals surface area (Å²) in [7, 11) is 0. The van der Waals surface area contributed by atoms with Crippen molar-refractivity contribution >= 4 is 6.21 Å². The van der Waals surface area contributed by atoms with E-state index in [1.807, 2.05) is 6.07 Å². The van der Waals surface area contributed by atoms with Gasteiger partial charge in [-0.05, 0) is 5.56 Å². The summed E-state index contributed by atoms with van der Waals surface area (Å²) < 4.78 is 44.2. The van der Waals surface area contributed by atoms with Crippen LogP contribution in [-0.4, -0.2) is 44.9 Å². The van der Waals surface area contributed by atoms with Crippen LogP contribution < -0.4 is 4.90 Å². The molecular weight excluding hydrogens is 257 g/mol. The molecule has 0 amide bonds. The highest BCUT2D eigenvalue weighted by Crippen LogP contribution is 2.19. The third-order valence-electron chi connectivity index (χ3n) is 3.00. The van der Waals surface area contributed by atoms with Crippen molar-refractivity contribution < 1.29 is 22.8 Å². The highest BCUT2D eigenvalue weighted by atomic mass is 19.4. The number of hydrogen-bond acceptors (Lipinski definition) is 2. The second-order valence-corrected chi connectivity index (χ2v) is 4.40. The first-order chi connectivity index (χ1) is 9.07. The summed E-state index contributed by atoms with van der Waals surface area (Å²) in [6.45, 7) is 1.36. The summed E-state index contributed by atoms with van der Waals surface area (Å²) in [5.74, 6) is 0. The molecule has 1 N–H and O–H groups in total. The van der Waals surface area contributed by atoms with E-state index in [4.69, 9.17) is 4.74 Å². The molecule has 0 aromatic heterocycles. The summed E-state index contributed by atoms with van der Waals surface area (Å²) >= 11 is 0. The van der Waals surface area contributed by atoms with Gasteiger partial charge >= 0.3 is 6.18 Å². The zero-order valence-corrected chi connectivity index (χ0v) is 10.4. The second-order valence-electron chi connectivity index (χ2n) is 4.40. The quantitative estimate of drug-likeness (QED) is 0.814. The SMILES string of the molecule is FC(F)(F)[C@H](N=Cc1ccccc1)[NH+]1CCOCC1. The van der Waals surface area contributed by atoms with E-state index in [2.05, 4.69) is 4.99 Å². The highest BCUT2D eigenvalue weighted by molar-refractivity contribution is 5.79. The monoisotopic (exact) mass is 273 g/mol. The van der Waals surface area contributed by atoms with E-state index in [1.165, 1.54) is 6.21 Å². The van der Waals surface area contributed by atoms with Gasteiger partial charge in [-0.1, -0.05) is 30.3 Å². The fraction of sp³-hybridized carbons (Fsp3) is 0.462. The van der Waals surface area contributed by atoms with Gasteiger partial charge in [-0.25, -0.2) is 4.99 Å². The average molecular weight is 273 g/mol. The van der Waals surface area contributed by atoms with Crippen molar-refractivity contribution in [3.8, 4) is 0 Å². The summed E-state index contributed by atoms with van der Waals surface area (Å²) in [4.78, 5) is 4.15. The van der Waals surface area contributed by atoms with E-state index >= 15 is 0 Å². The Morgan fingerprint density at radius 3 is 2.37 bits per heavy atom. The van der Waals surface area contributed by atoms with Gasteiger partial charge in [-0.15, -0.1) is 0 Å². The highest BCUT2D eigenvalue weighted by Gasteiger charge is 2.47.